The summed E-state index contributed by atoms with van der Waals surface area (Å²) < 4.78 is 34.4. The number of rotatable bonds is 4. The van der Waals surface area contributed by atoms with Crippen LogP contribution in [0.3, 0.4) is 0 Å². The van der Waals surface area contributed by atoms with Crippen LogP contribution < -0.4 is 9.46 Å². The van der Waals surface area contributed by atoms with E-state index in [1.54, 1.807) is 47.9 Å². The number of hydrogen-bond acceptors (Lipinski definition) is 4. The summed E-state index contributed by atoms with van der Waals surface area (Å²) in [6.07, 6.45) is 2.30. The Balaban J connectivity index is 1.89. The van der Waals surface area contributed by atoms with Crippen molar-refractivity contribution in [1.29, 1.82) is 0 Å². The fourth-order valence-corrected chi connectivity index (χ4v) is 3.74. The minimum absolute atomic E-state index is 0.0805. The second-order valence-corrected chi connectivity index (χ2v) is 7.35. The molecule has 0 fully saturated rings. The maximum absolute atomic E-state index is 12.6. The van der Waals surface area contributed by atoms with Crippen LogP contribution in [0.25, 0.3) is 0 Å². The highest BCUT2D eigenvalue weighted by molar-refractivity contribution is 7.92. The van der Waals surface area contributed by atoms with Crippen molar-refractivity contribution in [1.82, 2.24) is 9.47 Å². The average Bonchev–Trinajstić information content (AvgIpc) is 2.94. The number of sulfonamides is 1. The summed E-state index contributed by atoms with van der Waals surface area (Å²) in [7, 11) is -0.502. The summed E-state index contributed by atoms with van der Waals surface area (Å²) in [6.45, 7) is 1.27. The van der Waals surface area contributed by atoms with Gasteiger partial charge in [-0.15, -0.1) is 0 Å². The first-order valence-corrected chi connectivity index (χ1v) is 9.01. The minimum Gasteiger partial charge on any atom is -0.497 e. The number of anilines is 1. The van der Waals surface area contributed by atoms with Crippen molar-refractivity contribution in [3.8, 4) is 5.75 Å². The van der Waals surface area contributed by atoms with Crippen molar-refractivity contribution in [3.05, 3.63) is 42.2 Å². The maximum Gasteiger partial charge on any atom is 0.270 e. The first-order chi connectivity index (χ1) is 11.4. The number of aromatic nitrogens is 1. The van der Waals surface area contributed by atoms with E-state index in [-0.39, 0.29) is 10.8 Å². The quantitative estimate of drug-likeness (QED) is 0.912. The molecule has 0 atom stereocenters. The monoisotopic (exact) mass is 349 g/mol. The summed E-state index contributed by atoms with van der Waals surface area (Å²) in [4.78, 5) is 14.0. The van der Waals surface area contributed by atoms with Crippen LogP contribution >= 0.6 is 0 Å². The number of ether oxygens (including phenoxy) is 1. The molecule has 1 aliphatic rings. The lowest BCUT2D eigenvalue weighted by Gasteiger charge is -2.12. The van der Waals surface area contributed by atoms with E-state index in [0.717, 1.165) is 6.42 Å². The molecule has 0 radical (unpaired) electrons. The fraction of sp³-hybridized carbons (Fsp3) is 0.312. The largest absolute Gasteiger partial charge is 0.497 e. The summed E-state index contributed by atoms with van der Waals surface area (Å²) in [5.74, 6) is 0.473. The number of amides is 1. The second-order valence-electron chi connectivity index (χ2n) is 5.67. The summed E-state index contributed by atoms with van der Waals surface area (Å²) in [5.41, 5.74) is 0.825. The third-order valence-corrected chi connectivity index (χ3v) is 5.33. The second kappa shape index (κ2) is 6.20. The molecular weight excluding hydrogens is 330 g/mol. The molecular formula is C16H19N3O4S. The van der Waals surface area contributed by atoms with E-state index < -0.39 is 10.0 Å². The molecule has 1 aromatic heterocycles. The lowest BCUT2D eigenvalue weighted by atomic mass is 10.3. The Kier molecular flexibility index (Phi) is 4.23. The molecule has 8 heteroatoms. The van der Waals surface area contributed by atoms with Crippen LogP contribution in [0.1, 0.15) is 16.9 Å². The number of carbonyl (C=O) groups excluding carboxylic acids is 1. The molecule has 1 amide bonds. The van der Waals surface area contributed by atoms with Crippen LogP contribution in [0, 0.1) is 0 Å². The number of hydrogen-bond donors (Lipinski definition) is 1. The Labute approximate surface area is 140 Å². The number of nitrogens with zero attached hydrogens (tertiary/aromatic N) is 2. The van der Waals surface area contributed by atoms with Crippen molar-refractivity contribution in [2.24, 2.45) is 0 Å². The first-order valence-electron chi connectivity index (χ1n) is 7.53. The smallest absolute Gasteiger partial charge is 0.270 e. The molecule has 1 N–H and O–H groups in total. The van der Waals surface area contributed by atoms with Crippen molar-refractivity contribution in [2.75, 3.05) is 25.4 Å². The van der Waals surface area contributed by atoms with E-state index in [1.165, 1.54) is 12.3 Å². The molecule has 0 saturated carbocycles. The van der Waals surface area contributed by atoms with E-state index in [9.17, 15) is 13.2 Å². The normalized spacial score (nSPS) is 14.9. The van der Waals surface area contributed by atoms with Crippen molar-refractivity contribution < 1.29 is 17.9 Å². The van der Waals surface area contributed by atoms with Gasteiger partial charge in [-0.05, 0) is 36.8 Å². The number of methoxy groups -OCH3 is 1. The summed E-state index contributed by atoms with van der Waals surface area (Å²) in [6, 6.07) is 8.01. The molecule has 1 aromatic carbocycles. The van der Waals surface area contributed by atoms with Gasteiger partial charge in [0.2, 0.25) is 0 Å². The number of aryl methyl sites for hydroxylation is 1. The van der Waals surface area contributed by atoms with Gasteiger partial charge in [0, 0.05) is 32.0 Å². The predicted molar refractivity (Wildman–Crippen MR) is 89.8 cm³/mol. The molecule has 0 bridgehead atoms. The molecule has 24 heavy (non-hydrogen) atoms. The highest BCUT2D eigenvalue weighted by atomic mass is 32.2. The Morgan fingerprint density at radius 1 is 1.17 bits per heavy atom. The lowest BCUT2D eigenvalue weighted by molar-refractivity contribution is 0.0796. The Bertz CT molecular complexity index is 856. The average molecular weight is 349 g/mol. The van der Waals surface area contributed by atoms with Crippen molar-refractivity contribution >= 4 is 21.6 Å². The number of carbonyl (C=O) groups is 1. The minimum atomic E-state index is -3.76. The van der Waals surface area contributed by atoms with E-state index in [0.29, 0.717) is 30.2 Å². The standard InChI is InChI=1S/C16H19N3O4S/c1-18-8-3-9-19-11-14(10-15(19)16(18)20)24(21,22)17-12-4-6-13(23-2)7-5-12/h4-7,10-11,17H,3,8-9H2,1-2H3. The maximum atomic E-state index is 12.6. The molecule has 0 aliphatic carbocycles. The summed E-state index contributed by atoms with van der Waals surface area (Å²) >= 11 is 0. The van der Waals surface area contributed by atoms with Gasteiger partial charge in [-0.1, -0.05) is 0 Å². The summed E-state index contributed by atoms with van der Waals surface area (Å²) in [5, 5.41) is 0. The Morgan fingerprint density at radius 3 is 2.54 bits per heavy atom. The van der Waals surface area contributed by atoms with E-state index in [2.05, 4.69) is 4.72 Å². The van der Waals surface area contributed by atoms with Gasteiger partial charge in [-0.3, -0.25) is 9.52 Å². The zero-order valence-electron chi connectivity index (χ0n) is 13.5. The van der Waals surface area contributed by atoms with E-state index >= 15 is 0 Å². The zero-order valence-corrected chi connectivity index (χ0v) is 14.3. The van der Waals surface area contributed by atoms with Crippen LogP contribution in [0.2, 0.25) is 0 Å². The molecule has 0 saturated heterocycles. The molecule has 3 rings (SSSR count). The fourth-order valence-electron chi connectivity index (χ4n) is 2.64. The van der Waals surface area contributed by atoms with Gasteiger partial charge in [-0.25, -0.2) is 8.42 Å². The van der Waals surface area contributed by atoms with Gasteiger partial charge in [0.05, 0.1) is 7.11 Å². The van der Waals surface area contributed by atoms with Crippen LogP contribution in [0.4, 0.5) is 5.69 Å². The highest BCUT2D eigenvalue weighted by Gasteiger charge is 2.25. The van der Waals surface area contributed by atoms with Gasteiger partial charge in [-0.2, -0.15) is 0 Å². The molecule has 1 aliphatic heterocycles. The van der Waals surface area contributed by atoms with E-state index in [1.807, 2.05) is 0 Å². The van der Waals surface area contributed by atoms with Crippen molar-refractivity contribution in [3.63, 3.8) is 0 Å². The Morgan fingerprint density at radius 2 is 1.88 bits per heavy atom. The third kappa shape index (κ3) is 3.09. The van der Waals surface area contributed by atoms with Gasteiger partial charge in [0.1, 0.15) is 16.3 Å². The van der Waals surface area contributed by atoms with Crippen molar-refractivity contribution in [2.45, 2.75) is 17.9 Å². The van der Waals surface area contributed by atoms with Crippen LogP contribution in [0.5, 0.6) is 5.75 Å². The van der Waals surface area contributed by atoms with Gasteiger partial charge in [0.25, 0.3) is 15.9 Å². The number of nitrogens with one attached hydrogen (secondary N) is 1. The molecule has 2 heterocycles. The van der Waals surface area contributed by atoms with Gasteiger partial charge >= 0.3 is 0 Å². The first kappa shape index (κ1) is 16.4. The van der Waals surface area contributed by atoms with Crippen LogP contribution in [0.15, 0.2) is 41.4 Å². The van der Waals surface area contributed by atoms with Crippen LogP contribution in [-0.2, 0) is 16.6 Å². The highest BCUT2D eigenvalue weighted by Crippen LogP contribution is 2.22. The molecule has 128 valence electrons. The van der Waals surface area contributed by atoms with Gasteiger partial charge in [0.15, 0.2) is 0 Å². The molecule has 2 aromatic rings. The number of benzene rings is 1. The topological polar surface area (TPSA) is 80.6 Å². The Hall–Kier alpha value is -2.48. The molecule has 0 spiro atoms. The molecule has 7 nitrogen and oxygen atoms in total. The predicted octanol–water partition coefficient (Wildman–Crippen LogP) is 1.77. The third-order valence-electron chi connectivity index (χ3n) is 3.98. The van der Waals surface area contributed by atoms with E-state index in [4.69, 9.17) is 4.74 Å². The molecule has 0 unspecified atom stereocenters. The zero-order chi connectivity index (χ0) is 17.3. The lowest BCUT2D eigenvalue weighted by Crippen LogP contribution is -2.26. The van der Waals surface area contributed by atoms with Gasteiger partial charge < -0.3 is 14.2 Å². The van der Waals surface area contributed by atoms with Crippen LogP contribution in [-0.4, -0.2) is 44.5 Å². The SMILES string of the molecule is COc1ccc(NS(=O)(=O)c2cc3n(c2)CCCN(C)C3=O)cc1. The number of fused-ring (bicyclic) bond motifs is 1.